The normalized spacial score (nSPS) is 11.0. The second kappa shape index (κ2) is 6.69. The summed E-state index contributed by atoms with van der Waals surface area (Å²) in [6.07, 6.45) is 0. The average Bonchev–Trinajstić information content (AvgIpc) is 2.60. The molecule has 0 unspecified atom stereocenters. The fraction of sp³-hybridized carbons (Fsp3) is 0.211. The molecule has 0 fully saturated rings. The lowest BCUT2D eigenvalue weighted by Crippen LogP contribution is -2.21. The van der Waals surface area contributed by atoms with Gasteiger partial charge in [-0.25, -0.2) is 0 Å². The van der Waals surface area contributed by atoms with Crippen LogP contribution in [0.4, 0.5) is 5.69 Å². The molecule has 0 saturated heterocycles. The van der Waals surface area contributed by atoms with Crippen molar-refractivity contribution in [3.8, 4) is 17.1 Å². The van der Waals surface area contributed by atoms with Gasteiger partial charge in [0.25, 0.3) is 0 Å². The molecule has 1 heterocycles. The minimum absolute atomic E-state index is 0.195. The molecule has 24 heavy (non-hydrogen) atoms. The number of fused-ring (bicyclic) bond motifs is 1. The van der Waals surface area contributed by atoms with Crippen molar-refractivity contribution < 1.29 is 9.52 Å². The zero-order valence-electron chi connectivity index (χ0n) is 13.5. The number of hydrogen-bond acceptors (Lipinski definition) is 4. The van der Waals surface area contributed by atoms with Gasteiger partial charge >= 0.3 is 0 Å². The lowest BCUT2D eigenvalue weighted by atomic mass is 10.1. The molecule has 0 aliphatic rings. The van der Waals surface area contributed by atoms with Crippen molar-refractivity contribution in [1.82, 2.24) is 0 Å². The number of benzene rings is 2. The van der Waals surface area contributed by atoms with Crippen LogP contribution < -0.4 is 10.3 Å². The van der Waals surface area contributed by atoms with Crippen LogP contribution in [-0.2, 0) is 0 Å². The molecule has 2 aromatic carbocycles. The van der Waals surface area contributed by atoms with Crippen molar-refractivity contribution in [3.63, 3.8) is 0 Å². The first-order valence-electron chi connectivity index (χ1n) is 7.85. The third-order valence-electron chi connectivity index (χ3n) is 4.09. The van der Waals surface area contributed by atoms with E-state index in [1.807, 2.05) is 24.3 Å². The second-order valence-corrected chi connectivity index (χ2v) is 6.38. The monoisotopic (exact) mass is 387 g/mol. The van der Waals surface area contributed by atoms with Gasteiger partial charge in [-0.2, -0.15) is 0 Å². The first kappa shape index (κ1) is 16.6. The quantitative estimate of drug-likeness (QED) is 0.699. The predicted octanol–water partition coefficient (Wildman–Crippen LogP) is 4.77. The molecule has 3 aromatic rings. The van der Waals surface area contributed by atoms with Crippen LogP contribution in [0.15, 0.2) is 56.1 Å². The molecule has 124 valence electrons. The van der Waals surface area contributed by atoms with Gasteiger partial charge in [-0.1, -0.05) is 15.9 Å². The number of anilines is 1. The van der Waals surface area contributed by atoms with Crippen LogP contribution in [0.1, 0.15) is 13.8 Å². The highest BCUT2D eigenvalue weighted by atomic mass is 79.9. The first-order chi connectivity index (χ1) is 11.5. The molecule has 0 radical (unpaired) electrons. The predicted molar refractivity (Wildman–Crippen MR) is 101 cm³/mol. The van der Waals surface area contributed by atoms with Crippen molar-refractivity contribution >= 4 is 32.6 Å². The third-order valence-corrected chi connectivity index (χ3v) is 4.58. The Hall–Kier alpha value is -2.27. The van der Waals surface area contributed by atoms with Gasteiger partial charge in [0, 0.05) is 28.8 Å². The molecular weight excluding hydrogens is 370 g/mol. The van der Waals surface area contributed by atoms with Crippen LogP contribution in [0, 0.1) is 0 Å². The molecule has 0 saturated carbocycles. The van der Waals surface area contributed by atoms with E-state index in [1.54, 1.807) is 18.2 Å². The van der Waals surface area contributed by atoms with Crippen LogP contribution in [0.3, 0.4) is 0 Å². The summed E-state index contributed by atoms with van der Waals surface area (Å²) >= 11 is 3.32. The van der Waals surface area contributed by atoms with E-state index in [-0.39, 0.29) is 11.5 Å². The fourth-order valence-corrected chi connectivity index (χ4v) is 3.13. The highest BCUT2D eigenvalue weighted by molar-refractivity contribution is 9.10. The van der Waals surface area contributed by atoms with Crippen LogP contribution in [-0.4, -0.2) is 18.2 Å². The van der Waals surface area contributed by atoms with Gasteiger partial charge in [-0.05, 0) is 56.3 Å². The second-order valence-electron chi connectivity index (χ2n) is 5.47. The Labute approximate surface area is 148 Å². The van der Waals surface area contributed by atoms with Crippen molar-refractivity contribution in [2.75, 3.05) is 18.0 Å². The van der Waals surface area contributed by atoms with Gasteiger partial charge in [0.2, 0.25) is 11.2 Å². The number of aromatic hydroxyl groups is 1. The Morgan fingerprint density at radius 2 is 1.75 bits per heavy atom. The maximum Gasteiger partial charge on any atom is 0.235 e. The van der Waals surface area contributed by atoms with E-state index in [9.17, 15) is 9.90 Å². The van der Waals surface area contributed by atoms with Crippen molar-refractivity contribution in [1.29, 1.82) is 0 Å². The van der Waals surface area contributed by atoms with Gasteiger partial charge < -0.3 is 14.4 Å². The van der Waals surface area contributed by atoms with Gasteiger partial charge in [0.15, 0.2) is 5.76 Å². The molecule has 0 bridgehead atoms. The molecule has 5 heteroatoms. The van der Waals surface area contributed by atoms with Gasteiger partial charge in [-0.3, -0.25) is 4.79 Å². The minimum atomic E-state index is -0.430. The summed E-state index contributed by atoms with van der Waals surface area (Å²) in [5, 5.41) is 10.6. The Kier molecular flexibility index (Phi) is 4.62. The maximum absolute atomic E-state index is 12.4. The molecule has 4 nitrogen and oxygen atoms in total. The van der Waals surface area contributed by atoms with Gasteiger partial charge in [-0.15, -0.1) is 0 Å². The zero-order valence-corrected chi connectivity index (χ0v) is 15.1. The van der Waals surface area contributed by atoms with Crippen LogP contribution >= 0.6 is 15.9 Å². The van der Waals surface area contributed by atoms with E-state index in [0.29, 0.717) is 16.5 Å². The third kappa shape index (κ3) is 2.91. The lowest BCUT2D eigenvalue weighted by Gasteiger charge is -2.21. The van der Waals surface area contributed by atoms with Crippen molar-refractivity contribution in [2.24, 2.45) is 0 Å². The number of hydrogen-bond donors (Lipinski definition) is 1. The molecule has 0 aliphatic carbocycles. The zero-order chi connectivity index (χ0) is 17.3. The van der Waals surface area contributed by atoms with Crippen LogP contribution in [0.25, 0.3) is 22.3 Å². The van der Waals surface area contributed by atoms with Crippen molar-refractivity contribution in [2.45, 2.75) is 13.8 Å². The summed E-state index contributed by atoms with van der Waals surface area (Å²) in [6.45, 7) is 6.04. The minimum Gasteiger partial charge on any atom is -0.502 e. The molecular formula is C19H18BrNO3. The van der Waals surface area contributed by atoms with E-state index in [1.165, 1.54) is 0 Å². The molecule has 1 aromatic heterocycles. The summed E-state index contributed by atoms with van der Waals surface area (Å²) in [5.74, 6) is -0.169. The Morgan fingerprint density at radius 1 is 1.08 bits per heavy atom. The fourth-order valence-electron chi connectivity index (χ4n) is 2.77. The summed E-state index contributed by atoms with van der Waals surface area (Å²) in [4.78, 5) is 14.6. The molecule has 0 aliphatic heterocycles. The summed E-state index contributed by atoms with van der Waals surface area (Å²) in [5.41, 5.74) is 1.78. The maximum atomic E-state index is 12.4. The SMILES string of the molecule is CCN(CC)c1ccc(-c2oc3ccc(Br)cc3c(=O)c2O)cc1. The summed E-state index contributed by atoms with van der Waals surface area (Å²) in [7, 11) is 0. The number of nitrogens with zero attached hydrogens (tertiary/aromatic N) is 1. The van der Waals surface area contributed by atoms with E-state index in [2.05, 4.69) is 34.7 Å². The highest BCUT2D eigenvalue weighted by Crippen LogP contribution is 2.32. The molecule has 3 rings (SSSR count). The topological polar surface area (TPSA) is 53.7 Å². The average molecular weight is 388 g/mol. The van der Waals surface area contributed by atoms with E-state index < -0.39 is 5.43 Å². The van der Waals surface area contributed by atoms with Crippen molar-refractivity contribution in [3.05, 3.63) is 57.2 Å². The Morgan fingerprint density at radius 3 is 2.38 bits per heavy atom. The Balaban J connectivity index is 2.11. The van der Waals surface area contributed by atoms with E-state index in [4.69, 9.17) is 4.42 Å². The summed E-state index contributed by atoms with van der Waals surface area (Å²) < 4.78 is 6.55. The van der Waals surface area contributed by atoms with Gasteiger partial charge in [0.05, 0.1) is 5.39 Å². The standard InChI is InChI=1S/C19H18BrNO3/c1-3-21(4-2)14-8-5-12(6-9-14)19-18(23)17(22)15-11-13(20)7-10-16(15)24-19/h5-11,23H,3-4H2,1-2H3. The Bertz CT molecular complexity index is 928. The molecule has 1 N–H and O–H groups in total. The number of rotatable bonds is 4. The highest BCUT2D eigenvalue weighted by Gasteiger charge is 2.15. The number of halogens is 1. The van der Waals surface area contributed by atoms with Crippen LogP contribution in [0.5, 0.6) is 5.75 Å². The molecule has 0 amide bonds. The van der Waals surface area contributed by atoms with E-state index in [0.717, 1.165) is 23.2 Å². The first-order valence-corrected chi connectivity index (χ1v) is 8.65. The van der Waals surface area contributed by atoms with Crippen LogP contribution in [0.2, 0.25) is 0 Å². The summed E-state index contributed by atoms with van der Waals surface area (Å²) in [6, 6.07) is 12.8. The molecule has 0 atom stereocenters. The smallest absolute Gasteiger partial charge is 0.235 e. The van der Waals surface area contributed by atoms with E-state index >= 15 is 0 Å². The van der Waals surface area contributed by atoms with Gasteiger partial charge in [0.1, 0.15) is 5.58 Å². The molecule has 0 spiro atoms. The lowest BCUT2D eigenvalue weighted by molar-refractivity contribution is 0.449. The largest absolute Gasteiger partial charge is 0.502 e.